The molecule has 3 heteroatoms. The van der Waals surface area contributed by atoms with Gasteiger partial charge in [0.25, 0.3) is 0 Å². The van der Waals surface area contributed by atoms with Crippen molar-refractivity contribution in [3.8, 4) is 0 Å². The third-order valence-corrected chi connectivity index (χ3v) is 4.17. The molecule has 1 fully saturated rings. The Balaban J connectivity index is 1.97. The Morgan fingerprint density at radius 2 is 1.79 bits per heavy atom. The van der Waals surface area contributed by atoms with Crippen LogP contribution < -0.4 is 5.73 Å². The molecule has 1 aliphatic carbocycles. The second-order valence-corrected chi connectivity index (χ2v) is 5.71. The summed E-state index contributed by atoms with van der Waals surface area (Å²) >= 11 is 0. The Kier molecular flexibility index (Phi) is 4.56. The maximum absolute atomic E-state index is 13.1. The van der Waals surface area contributed by atoms with E-state index in [2.05, 4.69) is 31.2 Å². The van der Waals surface area contributed by atoms with E-state index < -0.39 is 5.92 Å². The van der Waals surface area contributed by atoms with Gasteiger partial charge in [-0.1, -0.05) is 37.6 Å². The topological polar surface area (TPSA) is 26.0 Å². The van der Waals surface area contributed by atoms with Crippen LogP contribution >= 0.6 is 0 Å². The molecule has 19 heavy (non-hydrogen) atoms. The maximum Gasteiger partial charge on any atom is 0.248 e. The van der Waals surface area contributed by atoms with E-state index in [-0.39, 0.29) is 24.8 Å². The molecule has 1 aromatic rings. The summed E-state index contributed by atoms with van der Waals surface area (Å²) in [6.45, 7) is 2.15. The average Bonchev–Trinajstić information content (AvgIpc) is 2.39. The first kappa shape index (κ1) is 14.4. The zero-order valence-corrected chi connectivity index (χ0v) is 11.5. The van der Waals surface area contributed by atoms with Gasteiger partial charge >= 0.3 is 0 Å². The third kappa shape index (κ3) is 3.75. The van der Waals surface area contributed by atoms with Gasteiger partial charge in [-0.15, -0.1) is 0 Å². The van der Waals surface area contributed by atoms with Crippen molar-refractivity contribution in [2.75, 3.05) is 0 Å². The van der Waals surface area contributed by atoms with Crippen LogP contribution in [-0.2, 0) is 6.42 Å². The van der Waals surface area contributed by atoms with E-state index in [1.807, 2.05) is 0 Å². The van der Waals surface area contributed by atoms with Gasteiger partial charge in [-0.25, -0.2) is 8.78 Å². The predicted octanol–water partition coefficient (Wildman–Crippen LogP) is 4.46. The van der Waals surface area contributed by atoms with Gasteiger partial charge in [0.05, 0.1) is 0 Å². The quantitative estimate of drug-likeness (QED) is 0.856. The Labute approximate surface area is 114 Å². The fourth-order valence-electron chi connectivity index (χ4n) is 2.89. The fraction of sp³-hybridized carbons (Fsp3) is 0.625. The fourth-order valence-corrected chi connectivity index (χ4v) is 2.89. The average molecular weight is 267 g/mol. The molecule has 0 spiro atoms. The van der Waals surface area contributed by atoms with Crippen LogP contribution in [0.3, 0.4) is 0 Å². The lowest BCUT2D eigenvalue weighted by molar-refractivity contribution is -0.0483. The molecule has 1 aromatic carbocycles. The number of hydrogen-bond acceptors (Lipinski definition) is 1. The molecule has 0 aromatic heterocycles. The molecule has 2 rings (SSSR count). The highest BCUT2D eigenvalue weighted by atomic mass is 19.3. The third-order valence-electron chi connectivity index (χ3n) is 4.17. The number of benzene rings is 1. The highest BCUT2D eigenvalue weighted by Crippen LogP contribution is 2.40. The first-order chi connectivity index (χ1) is 9.02. The summed E-state index contributed by atoms with van der Waals surface area (Å²) in [5.74, 6) is -2.28. The maximum atomic E-state index is 13.1. The van der Waals surface area contributed by atoms with Crippen LogP contribution in [0.4, 0.5) is 8.78 Å². The number of aryl methyl sites for hydroxylation is 1. The SMILES string of the molecule is CCCc1ccc(C(N)C2CCC(F)(F)CC2)cc1. The summed E-state index contributed by atoms with van der Waals surface area (Å²) < 4.78 is 26.3. The van der Waals surface area contributed by atoms with Gasteiger partial charge in [0, 0.05) is 18.9 Å². The molecule has 2 N–H and O–H groups in total. The number of nitrogens with two attached hydrogens (primary N) is 1. The molecule has 1 unspecified atom stereocenters. The molecular formula is C16H23F2N. The monoisotopic (exact) mass is 267 g/mol. The summed E-state index contributed by atoms with van der Waals surface area (Å²) in [5.41, 5.74) is 8.63. The molecule has 1 nitrogen and oxygen atoms in total. The van der Waals surface area contributed by atoms with E-state index in [0.717, 1.165) is 18.4 Å². The van der Waals surface area contributed by atoms with E-state index in [1.165, 1.54) is 5.56 Å². The van der Waals surface area contributed by atoms with Crippen molar-refractivity contribution in [2.24, 2.45) is 11.7 Å². The summed E-state index contributed by atoms with van der Waals surface area (Å²) in [5, 5.41) is 0. The predicted molar refractivity (Wildman–Crippen MR) is 74.3 cm³/mol. The Morgan fingerprint density at radius 3 is 2.32 bits per heavy atom. The smallest absolute Gasteiger partial charge is 0.248 e. The minimum atomic E-state index is -2.47. The van der Waals surface area contributed by atoms with Gasteiger partial charge in [-0.3, -0.25) is 0 Å². The molecular weight excluding hydrogens is 244 g/mol. The standard InChI is InChI=1S/C16H23F2N/c1-2-3-12-4-6-13(7-5-12)15(19)14-8-10-16(17,18)11-9-14/h4-7,14-15H,2-3,8-11,19H2,1H3. The lowest BCUT2D eigenvalue weighted by atomic mass is 9.80. The van der Waals surface area contributed by atoms with E-state index in [9.17, 15) is 8.78 Å². The van der Waals surface area contributed by atoms with Crippen molar-refractivity contribution in [1.29, 1.82) is 0 Å². The van der Waals surface area contributed by atoms with E-state index in [1.54, 1.807) is 0 Å². The molecule has 0 aliphatic heterocycles. The van der Waals surface area contributed by atoms with Crippen molar-refractivity contribution in [1.82, 2.24) is 0 Å². The number of rotatable bonds is 4. The van der Waals surface area contributed by atoms with Gasteiger partial charge in [0.2, 0.25) is 5.92 Å². The van der Waals surface area contributed by atoms with Gasteiger partial charge in [0.15, 0.2) is 0 Å². The van der Waals surface area contributed by atoms with Gasteiger partial charge in [-0.2, -0.15) is 0 Å². The van der Waals surface area contributed by atoms with Gasteiger partial charge < -0.3 is 5.73 Å². The first-order valence-electron chi connectivity index (χ1n) is 7.24. The molecule has 0 bridgehead atoms. The minimum Gasteiger partial charge on any atom is -0.324 e. The zero-order valence-electron chi connectivity index (χ0n) is 11.5. The Morgan fingerprint density at radius 1 is 1.21 bits per heavy atom. The lowest BCUT2D eigenvalue weighted by Gasteiger charge is -2.32. The Bertz CT molecular complexity index is 390. The van der Waals surface area contributed by atoms with Crippen LogP contribution in [0.2, 0.25) is 0 Å². The van der Waals surface area contributed by atoms with Crippen molar-refractivity contribution >= 4 is 0 Å². The molecule has 1 atom stereocenters. The summed E-state index contributed by atoms with van der Waals surface area (Å²) in [6.07, 6.45) is 3.24. The van der Waals surface area contributed by atoms with Crippen LogP contribution in [0.15, 0.2) is 24.3 Å². The summed E-state index contributed by atoms with van der Waals surface area (Å²) in [7, 11) is 0. The summed E-state index contributed by atoms with van der Waals surface area (Å²) in [4.78, 5) is 0. The highest BCUT2D eigenvalue weighted by Gasteiger charge is 2.36. The van der Waals surface area contributed by atoms with Gasteiger partial charge in [-0.05, 0) is 36.3 Å². The molecule has 0 heterocycles. The highest BCUT2D eigenvalue weighted by molar-refractivity contribution is 5.25. The number of hydrogen-bond donors (Lipinski definition) is 1. The van der Waals surface area contributed by atoms with Gasteiger partial charge in [0.1, 0.15) is 0 Å². The molecule has 1 saturated carbocycles. The van der Waals surface area contributed by atoms with Crippen molar-refractivity contribution < 1.29 is 8.78 Å². The van der Waals surface area contributed by atoms with Crippen molar-refractivity contribution in [2.45, 2.75) is 57.4 Å². The lowest BCUT2D eigenvalue weighted by Crippen LogP contribution is -2.30. The van der Waals surface area contributed by atoms with Crippen molar-refractivity contribution in [3.05, 3.63) is 35.4 Å². The number of halogens is 2. The molecule has 1 aliphatic rings. The van der Waals surface area contributed by atoms with Crippen LogP contribution in [0, 0.1) is 5.92 Å². The molecule has 0 amide bonds. The van der Waals surface area contributed by atoms with Crippen molar-refractivity contribution in [3.63, 3.8) is 0 Å². The van der Waals surface area contributed by atoms with E-state index >= 15 is 0 Å². The molecule has 106 valence electrons. The van der Waals surface area contributed by atoms with Crippen LogP contribution in [-0.4, -0.2) is 5.92 Å². The number of alkyl halides is 2. The van der Waals surface area contributed by atoms with E-state index in [4.69, 9.17) is 5.73 Å². The molecule has 0 radical (unpaired) electrons. The zero-order chi connectivity index (χ0) is 13.9. The van der Waals surface area contributed by atoms with Crippen LogP contribution in [0.5, 0.6) is 0 Å². The summed E-state index contributed by atoms with van der Waals surface area (Å²) in [6, 6.07) is 8.23. The largest absolute Gasteiger partial charge is 0.324 e. The second-order valence-electron chi connectivity index (χ2n) is 5.71. The van der Waals surface area contributed by atoms with Crippen LogP contribution in [0.25, 0.3) is 0 Å². The Hall–Kier alpha value is -0.960. The normalized spacial score (nSPS) is 21.3. The van der Waals surface area contributed by atoms with E-state index in [0.29, 0.717) is 12.8 Å². The minimum absolute atomic E-state index is 0.0146. The molecule has 0 saturated heterocycles. The van der Waals surface area contributed by atoms with Crippen LogP contribution in [0.1, 0.15) is 56.2 Å². The second kappa shape index (κ2) is 6.00. The first-order valence-corrected chi connectivity index (χ1v) is 7.24.